The summed E-state index contributed by atoms with van der Waals surface area (Å²) in [7, 11) is 0. The van der Waals surface area contributed by atoms with Gasteiger partial charge in [0, 0.05) is 11.6 Å². The summed E-state index contributed by atoms with van der Waals surface area (Å²) in [6.07, 6.45) is 0. The first-order chi connectivity index (χ1) is 13.4. The molecule has 0 aliphatic carbocycles. The monoisotopic (exact) mass is 411 g/mol. The molecule has 5 heteroatoms. The van der Waals surface area contributed by atoms with E-state index in [1.165, 1.54) is 9.48 Å². The molecule has 0 unspecified atom stereocenters. The molecule has 0 radical (unpaired) electrons. The van der Waals surface area contributed by atoms with Gasteiger partial charge in [-0.1, -0.05) is 35.4 Å². The Morgan fingerprint density at radius 2 is 1.21 bits per heavy atom. The van der Waals surface area contributed by atoms with Gasteiger partial charge in [-0.3, -0.25) is 0 Å². The minimum absolute atomic E-state index is 0.101. The summed E-state index contributed by atoms with van der Waals surface area (Å²) in [6, 6.07) is 8.09. The van der Waals surface area contributed by atoms with Crippen LogP contribution in [0.25, 0.3) is 0 Å². The maximum atomic E-state index is 13.4. The van der Waals surface area contributed by atoms with E-state index < -0.39 is 5.41 Å². The number of hydrogen-bond acceptors (Lipinski definition) is 2. The molecule has 2 amide bonds. The molecule has 2 aromatic rings. The third-order valence-corrected chi connectivity index (χ3v) is 5.90. The van der Waals surface area contributed by atoms with Crippen molar-refractivity contribution in [3.63, 3.8) is 0 Å². The third kappa shape index (κ3) is 3.29. The van der Waals surface area contributed by atoms with E-state index in [0.717, 1.165) is 44.8 Å². The minimum Gasteiger partial charge on any atom is -0.245 e. The highest BCUT2D eigenvalue weighted by Crippen LogP contribution is 2.38. The summed E-state index contributed by atoms with van der Waals surface area (Å²) in [4.78, 5) is 28.4. The van der Waals surface area contributed by atoms with Crippen molar-refractivity contribution >= 4 is 40.1 Å². The lowest BCUT2D eigenvalue weighted by molar-refractivity contribution is -0.377. The fraction of sp³-hybridized carbons (Fsp3) is 0.375. The summed E-state index contributed by atoms with van der Waals surface area (Å²) in [5.41, 5.74) is 6.22. The van der Waals surface area contributed by atoms with E-state index in [1.807, 2.05) is 65.8 Å². The van der Waals surface area contributed by atoms with E-state index in [0.29, 0.717) is 0 Å². The Morgan fingerprint density at radius 1 is 0.793 bits per heavy atom. The highest BCUT2D eigenvalue weighted by Gasteiger charge is 2.56. The van der Waals surface area contributed by atoms with Crippen molar-refractivity contribution in [3.05, 3.63) is 57.6 Å². The van der Waals surface area contributed by atoms with Crippen LogP contribution in [-0.4, -0.2) is 21.7 Å². The van der Waals surface area contributed by atoms with Crippen LogP contribution in [0.4, 0.5) is 11.4 Å². The first kappa shape index (κ1) is 21.3. The van der Waals surface area contributed by atoms with Crippen molar-refractivity contribution in [3.8, 4) is 0 Å². The summed E-state index contributed by atoms with van der Waals surface area (Å²) in [6.45, 7) is 15.2. The molecule has 0 N–H and O–H groups in total. The molecule has 0 saturated carbocycles. The molecule has 2 aromatic carbocycles. The van der Waals surface area contributed by atoms with Crippen molar-refractivity contribution in [1.29, 1.82) is 0 Å². The van der Waals surface area contributed by atoms with Crippen molar-refractivity contribution in [2.75, 3.05) is 4.90 Å². The lowest BCUT2D eigenvalue weighted by Crippen LogP contribution is -2.57. The summed E-state index contributed by atoms with van der Waals surface area (Å²) < 4.78 is 1.51. The largest absolute Gasteiger partial charge is 0.370 e. The molecule has 0 saturated heterocycles. The smallest absolute Gasteiger partial charge is 0.245 e. The van der Waals surface area contributed by atoms with Gasteiger partial charge in [-0.05, 0) is 77.6 Å². The number of amidine groups is 1. The standard InChI is InChI=1S/C24H28ClN2O2/c1-13-9-15(3)19(16(4)10-13)26-21(28)24(7,8)22(29)27(23(26)25)20-17(5)11-14(2)12-18(20)6/h9-12H,1-8H3/q+1. The molecule has 152 valence electrons. The van der Waals surface area contributed by atoms with Gasteiger partial charge in [-0.2, -0.15) is 0 Å². The van der Waals surface area contributed by atoms with Crippen molar-refractivity contribution in [1.82, 2.24) is 0 Å². The molecule has 3 rings (SSSR count). The van der Waals surface area contributed by atoms with E-state index in [9.17, 15) is 9.59 Å². The third-order valence-electron chi connectivity index (χ3n) is 5.56. The van der Waals surface area contributed by atoms with Crippen molar-refractivity contribution in [2.45, 2.75) is 55.4 Å². The predicted molar refractivity (Wildman–Crippen MR) is 118 cm³/mol. The Bertz CT molecular complexity index is 1050. The predicted octanol–water partition coefficient (Wildman–Crippen LogP) is 5.38. The van der Waals surface area contributed by atoms with Crippen LogP contribution < -0.4 is 4.90 Å². The zero-order valence-corrected chi connectivity index (χ0v) is 19.2. The van der Waals surface area contributed by atoms with Crippen LogP contribution in [0.2, 0.25) is 0 Å². The van der Waals surface area contributed by atoms with E-state index in [4.69, 9.17) is 11.6 Å². The van der Waals surface area contributed by atoms with Gasteiger partial charge in [0.05, 0.1) is 0 Å². The zero-order valence-electron chi connectivity index (χ0n) is 18.4. The van der Waals surface area contributed by atoms with E-state index >= 15 is 0 Å². The van der Waals surface area contributed by atoms with Gasteiger partial charge in [-0.25, -0.2) is 9.59 Å². The Balaban J connectivity index is 2.40. The van der Waals surface area contributed by atoms with Crippen LogP contribution in [0.15, 0.2) is 24.3 Å². The molecule has 0 fully saturated rings. The SMILES string of the molecule is Cc1cc(C)c(N2C(=O)C(C)(C)C(=O)[N+](c3c(C)cc(C)cc3C)=C2Cl)c(C)c1. The maximum Gasteiger partial charge on any atom is 0.370 e. The molecule has 0 atom stereocenters. The van der Waals surface area contributed by atoms with E-state index in [1.54, 1.807) is 13.8 Å². The maximum absolute atomic E-state index is 13.4. The van der Waals surface area contributed by atoms with Crippen LogP contribution in [0.3, 0.4) is 0 Å². The highest BCUT2D eigenvalue weighted by atomic mass is 35.5. The van der Waals surface area contributed by atoms with Gasteiger partial charge >= 0.3 is 17.1 Å². The molecule has 1 aliphatic heterocycles. The second-order valence-corrected chi connectivity index (χ2v) is 9.01. The number of halogens is 1. The number of amides is 2. The van der Waals surface area contributed by atoms with Crippen molar-refractivity contribution < 1.29 is 14.2 Å². The van der Waals surface area contributed by atoms with E-state index in [-0.39, 0.29) is 17.1 Å². The average molecular weight is 412 g/mol. The van der Waals surface area contributed by atoms with Crippen LogP contribution in [0.1, 0.15) is 47.2 Å². The number of rotatable bonds is 2. The molecule has 29 heavy (non-hydrogen) atoms. The normalized spacial score (nSPS) is 16.7. The van der Waals surface area contributed by atoms with Crippen LogP contribution in [-0.2, 0) is 9.59 Å². The molecular formula is C24H28ClN2O2+. The molecule has 0 spiro atoms. The average Bonchev–Trinajstić information content (AvgIpc) is 2.58. The summed E-state index contributed by atoms with van der Waals surface area (Å²) >= 11 is 6.83. The summed E-state index contributed by atoms with van der Waals surface area (Å²) in [5, 5.41) is 0.101. The minimum atomic E-state index is -1.24. The van der Waals surface area contributed by atoms with Gasteiger partial charge in [-0.15, -0.1) is 9.48 Å². The Kier molecular flexibility index (Phi) is 5.20. The van der Waals surface area contributed by atoms with Gasteiger partial charge < -0.3 is 0 Å². The first-order valence-electron chi connectivity index (χ1n) is 9.75. The highest BCUT2D eigenvalue weighted by molar-refractivity contribution is 6.70. The first-order valence-corrected chi connectivity index (χ1v) is 10.1. The number of carbonyl (C=O) groups excluding carboxylic acids is 2. The zero-order chi connectivity index (χ0) is 21.8. The van der Waals surface area contributed by atoms with Gasteiger partial charge in [0.15, 0.2) is 5.41 Å². The van der Waals surface area contributed by atoms with Gasteiger partial charge in [0.25, 0.3) is 0 Å². The Morgan fingerprint density at radius 3 is 1.66 bits per heavy atom. The van der Waals surface area contributed by atoms with Gasteiger partial charge in [0.1, 0.15) is 11.4 Å². The molecule has 0 aromatic heterocycles. The number of nitrogens with zero attached hydrogens (tertiary/aromatic N) is 2. The number of anilines is 1. The molecule has 0 bridgehead atoms. The molecule has 1 aliphatic rings. The number of carbonyl (C=O) groups is 2. The van der Waals surface area contributed by atoms with E-state index in [2.05, 4.69) is 0 Å². The number of aryl methyl sites for hydroxylation is 6. The van der Waals surface area contributed by atoms with Crippen LogP contribution in [0, 0.1) is 47.0 Å². The number of hydrogen-bond donors (Lipinski definition) is 0. The quantitative estimate of drug-likeness (QED) is 0.378. The summed E-state index contributed by atoms with van der Waals surface area (Å²) in [5.74, 6) is -0.637. The Labute approximate surface area is 177 Å². The number of benzene rings is 2. The van der Waals surface area contributed by atoms with Crippen LogP contribution in [0.5, 0.6) is 0 Å². The fourth-order valence-electron chi connectivity index (χ4n) is 4.36. The lowest BCUT2D eigenvalue weighted by Gasteiger charge is -2.32. The molecule has 4 nitrogen and oxygen atoms in total. The second-order valence-electron chi connectivity index (χ2n) is 8.67. The topological polar surface area (TPSA) is 40.4 Å². The second kappa shape index (κ2) is 7.10. The molecule has 1 heterocycles. The van der Waals surface area contributed by atoms with Crippen molar-refractivity contribution in [2.24, 2.45) is 5.41 Å². The fourth-order valence-corrected chi connectivity index (χ4v) is 4.68. The lowest BCUT2D eigenvalue weighted by atomic mass is 9.87. The molecular weight excluding hydrogens is 384 g/mol. The Hall–Kier alpha value is -2.46. The van der Waals surface area contributed by atoms with Gasteiger partial charge in [0.2, 0.25) is 0 Å². The van der Waals surface area contributed by atoms with Crippen LogP contribution >= 0.6 is 11.6 Å².